The molecule has 1 unspecified atom stereocenters. The number of carbonyl (C=O) groups excluding carboxylic acids is 1. The number of nitrogens with one attached hydrogen (secondary N) is 1. The molecule has 0 aliphatic heterocycles. The molecule has 0 saturated heterocycles. The molecule has 0 fully saturated rings. The van der Waals surface area contributed by atoms with Crippen molar-refractivity contribution in [1.82, 2.24) is 5.32 Å². The molecule has 1 rings (SSSR count). The van der Waals surface area contributed by atoms with Gasteiger partial charge in [0, 0.05) is 34.8 Å². The molecule has 0 radical (unpaired) electrons. The Morgan fingerprint density at radius 2 is 2.10 bits per heavy atom. The molecule has 0 aromatic heterocycles. The number of hydrogen-bond donors (Lipinski definition) is 2. The monoisotopic (exact) mass is 344 g/mol. The summed E-state index contributed by atoms with van der Waals surface area (Å²) < 4.78 is 0.472. The fourth-order valence-corrected chi connectivity index (χ4v) is 2.25. The molecule has 7 heteroatoms. The Balaban J connectivity index is 2.94. The van der Waals surface area contributed by atoms with Crippen molar-refractivity contribution in [1.29, 1.82) is 0 Å². The maximum Gasteiger partial charge on any atom is 0.271 e. The molecule has 20 heavy (non-hydrogen) atoms. The summed E-state index contributed by atoms with van der Waals surface area (Å²) >= 11 is 3.15. The van der Waals surface area contributed by atoms with E-state index < -0.39 is 4.92 Å². The minimum absolute atomic E-state index is 0.0260. The Morgan fingerprint density at radius 3 is 2.60 bits per heavy atom. The SMILES string of the molecule is CC(C)C(CCO)NC(=O)c1cc(Br)cc([N+](=O)[O-])c1. The molecule has 0 saturated carbocycles. The van der Waals surface area contributed by atoms with Crippen LogP contribution >= 0.6 is 15.9 Å². The van der Waals surface area contributed by atoms with Crippen molar-refractivity contribution < 1.29 is 14.8 Å². The summed E-state index contributed by atoms with van der Waals surface area (Å²) in [6.45, 7) is 3.84. The van der Waals surface area contributed by atoms with Gasteiger partial charge in [0.1, 0.15) is 0 Å². The number of hydrogen-bond acceptors (Lipinski definition) is 4. The molecule has 1 atom stereocenters. The number of nitro benzene ring substituents is 1. The average molecular weight is 345 g/mol. The van der Waals surface area contributed by atoms with Gasteiger partial charge >= 0.3 is 0 Å². The highest BCUT2D eigenvalue weighted by Crippen LogP contribution is 2.21. The number of carbonyl (C=O) groups is 1. The lowest BCUT2D eigenvalue weighted by Crippen LogP contribution is -2.39. The Kier molecular flexibility index (Phi) is 6.09. The minimum Gasteiger partial charge on any atom is -0.396 e. The van der Waals surface area contributed by atoms with E-state index in [0.717, 1.165) is 0 Å². The van der Waals surface area contributed by atoms with Crippen molar-refractivity contribution in [3.05, 3.63) is 38.3 Å². The fraction of sp³-hybridized carbons (Fsp3) is 0.462. The summed E-state index contributed by atoms with van der Waals surface area (Å²) in [5.41, 5.74) is 0.0717. The van der Waals surface area contributed by atoms with Crippen LogP contribution in [0.25, 0.3) is 0 Å². The number of rotatable bonds is 6. The van der Waals surface area contributed by atoms with E-state index in [-0.39, 0.29) is 35.7 Å². The number of nitrogens with zero attached hydrogens (tertiary/aromatic N) is 1. The molecule has 0 bridgehead atoms. The van der Waals surface area contributed by atoms with Crippen LogP contribution in [0.15, 0.2) is 22.7 Å². The molecule has 0 aliphatic carbocycles. The van der Waals surface area contributed by atoms with Gasteiger partial charge in [-0.3, -0.25) is 14.9 Å². The topological polar surface area (TPSA) is 92.5 Å². The van der Waals surface area contributed by atoms with Gasteiger partial charge in [0.15, 0.2) is 0 Å². The van der Waals surface area contributed by atoms with Crippen molar-refractivity contribution in [3.8, 4) is 0 Å². The first-order valence-electron chi connectivity index (χ1n) is 6.22. The third-order valence-electron chi connectivity index (χ3n) is 2.92. The number of halogens is 1. The van der Waals surface area contributed by atoms with Gasteiger partial charge in [-0.15, -0.1) is 0 Å². The summed E-state index contributed by atoms with van der Waals surface area (Å²) in [6.07, 6.45) is 0.444. The number of aliphatic hydroxyl groups is 1. The van der Waals surface area contributed by atoms with E-state index in [0.29, 0.717) is 10.9 Å². The third kappa shape index (κ3) is 4.57. The summed E-state index contributed by atoms with van der Waals surface area (Å²) in [6, 6.07) is 3.92. The largest absolute Gasteiger partial charge is 0.396 e. The second kappa shape index (κ2) is 7.35. The molecule has 0 heterocycles. The first-order valence-corrected chi connectivity index (χ1v) is 7.01. The van der Waals surface area contributed by atoms with Gasteiger partial charge in [-0.1, -0.05) is 29.8 Å². The molecule has 0 spiro atoms. The van der Waals surface area contributed by atoms with Crippen LogP contribution in [0.3, 0.4) is 0 Å². The Morgan fingerprint density at radius 1 is 1.45 bits per heavy atom. The molecule has 1 amide bonds. The van der Waals surface area contributed by atoms with E-state index in [1.807, 2.05) is 13.8 Å². The Hall–Kier alpha value is -1.47. The maximum absolute atomic E-state index is 12.1. The first kappa shape index (κ1) is 16.6. The molecule has 110 valence electrons. The molecular weight excluding hydrogens is 328 g/mol. The second-order valence-electron chi connectivity index (χ2n) is 4.79. The van der Waals surface area contributed by atoms with Crippen LogP contribution < -0.4 is 5.32 Å². The van der Waals surface area contributed by atoms with Crippen LogP contribution in [-0.2, 0) is 0 Å². The Labute approximate surface area is 125 Å². The van der Waals surface area contributed by atoms with Crippen molar-refractivity contribution in [2.45, 2.75) is 26.3 Å². The highest BCUT2D eigenvalue weighted by molar-refractivity contribution is 9.10. The highest BCUT2D eigenvalue weighted by Gasteiger charge is 2.19. The minimum atomic E-state index is -0.546. The lowest BCUT2D eigenvalue weighted by Gasteiger charge is -2.21. The van der Waals surface area contributed by atoms with Crippen LogP contribution in [0, 0.1) is 16.0 Å². The third-order valence-corrected chi connectivity index (χ3v) is 3.37. The van der Waals surface area contributed by atoms with E-state index in [4.69, 9.17) is 5.11 Å². The number of non-ortho nitro benzene ring substituents is 1. The summed E-state index contributed by atoms with van der Waals surface area (Å²) in [5.74, 6) is -0.227. The predicted octanol–water partition coefficient (Wildman–Crippen LogP) is 2.49. The zero-order valence-corrected chi connectivity index (χ0v) is 12.9. The van der Waals surface area contributed by atoms with Gasteiger partial charge in [0.2, 0.25) is 0 Å². The molecule has 1 aromatic carbocycles. The van der Waals surface area contributed by atoms with Crippen molar-refractivity contribution >= 4 is 27.5 Å². The summed E-state index contributed by atoms with van der Waals surface area (Å²) in [5, 5.41) is 22.5. The van der Waals surface area contributed by atoms with Crippen LogP contribution in [0.4, 0.5) is 5.69 Å². The normalized spacial score (nSPS) is 12.2. The number of nitro groups is 1. The summed E-state index contributed by atoms with van der Waals surface area (Å²) in [4.78, 5) is 22.4. The van der Waals surface area contributed by atoms with E-state index in [9.17, 15) is 14.9 Å². The highest BCUT2D eigenvalue weighted by atomic mass is 79.9. The average Bonchev–Trinajstić information content (AvgIpc) is 2.37. The predicted molar refractivity (Wildman–Crippen MR) is 78.6 cm³/mol. The van der Waals surface area contributed by atoms with Gasteiger partial charge in [-0.05, 0) is 18.4 Å². The van der Waals surface area contributed by atoms with Crippen LogP contribution in [0.5, 0.6) is 0 Å². The van der Waals surface area contributed by atoms with E-state index in [1.165, 1.54) is 18.2 Å². The Bertz CT molecular complexity index is 505. The van der Waals surface area contributed by atoms with Gasteiger partial charge < -0.3 is 10.4 Å². The zero-order chi connectivity index (χ0) is 15.3. The molecule has 0 aliphatic rings. The van der Waals surface area contributed by atoms with Crippen molar-refractivity contribution in [2.24, 2.45) is 5.92 Å². The number of benzene rings is 1. The lowest BCUT2D eigenvalue weighted by molar-refractivity contribution is -0.385. The quantitative estimate of drug-likeness (QED) is 0.612. The van der Waals surface area contributed by atoms with Gasteiger partial charge in [-0.2, -0.15) is 0 Å². The smallest absolute Gasteiger partial charge is 0.271 e. The lowest BCUT2D eigenvalue weighted by atomic mass is 10.0. The van der Waals surface area contributed by atoms with Crippen LogP contribution in [-0.4, -0.2) is 28.6 Å². The fourth-order valence-electron chi connectivity index (χ4n) is 1.77. The standard InChI is InChI=1S/C13H17BrN2O4/c1-8(2)12(3-4-17)15-13(18)9-5-10(14)7-11(6-9)16(19)20/h5-8,12,17H,3-4H2,1-2H3,(H,15,18). The van der Waals surface area contributed by atoms with E-state index in [2.05, 4.69) is 21.2 Å². The van der Waals surface area contributed by atoms with Gasteiger partial charge in [0.25, 0.3) is 11.6 Å². The van der Waals surface area contributed by atoms with Gasteiger partial charge in [0.05, 0.1) is 4.92 Å². The summed E-state index contributed by atoms with van der Waals surface area (Å²) in [7, 11) is 0. The molecule has 1 aromatic rings. The van der Waals surface area contributed by atoms with Crippen molar-refractivity contribution in [2.75, 3.05) is 6.61 Å². The molecule has 6 nitrogen and oxygen atoms in total. The number of aliphatic hydroxyl groups excluding tert-OH is 1. The molecule has 2 N–H and O–H groups in total. The van der Waals surface area contributed by atoms with E-state index >= 15 is 0 Å². The van der Waals surface area contributed by atoms with Gasteiger partial charge in [-0.25, -0.2) is 0 Å². The first-order chi connectivity index (χ1) is 9.35. The molecular formula is C13H17BrN2O4. The maximum atomic E-state index is 12.1. The van der Waals surface area contributed by atoms with E-state index in [1.54, 1.807) is 0 Å². The second-order valence-corrected chi connectivity index (χ2v) is 5.71. The van der Waals surface area contributed by atoms with Crippen molar-refractivity contribution in [3.63, 3.8) is 0 Å². The number of amides is 1. The van der Waals surface area contributed by atoms with Crippen LogP contribution in [0.2, 0.25) is 0 Å². The zero-order valence-electron chi connectivity index (χ0n) is 11.3. The van der Waals surface area contributed by atoms with Crippen LogP contribution in [0.1, 0.15) is 30.6 Å².